The van der Waals surface area contributed by atoms with E-state index < -0.39 is 11.5 Å². The van der Waals surface area contributed by atoms with E-state index in [1.165, 1.54) is 16.2 Å². The highest BCUT2D eigenvalue weighted by atomic mass is 16.4. The molecule has 0 saturated carbocycles. The minimum Gasteiger partial charge on any atom is -0.477 e. The Balaban J connectivity index is 1.90. The van der Waals surface area contributed by atoms with Gasteiger partial charge in [0.05, 0.1) is 0 Å². The topological polar surface area (TPSA) is 59.3 Å². The lowest BCUT2D eigenvalue weighted by molar-refractivity contribution is 0.0694. The molecule has 1 aromatic heterocycles. The van der Waals surface area contributed by atoms with Gasteiger partial charge in [-0.25, -0.2) is 4.79 Å². The number of hydrogen-bond donors (Lipinski definition) is 1. The van der Waals surface area contributed by atoms with Crippen molar-refractivity contribution in [1.29, 1.82) is 0 Å². The van der Waals surface area contributed by atoms with E-state index in [-0.39, 0.29) is 5.56 Å². The van der Waals surface area contributed by atoms with Crippen molar-refractivity contribution in [3.8, 4) is 0 Å². The van der Waals surface area contributed by atoms with Crippen molar-refractivity contribution in [2.24, 2.45) is 0 Å². The van der Waals surface area contributed by atoms with E-state index in [2.05, 4.69) is 12.1 Å². The SMILES string of the molecule is O=C(O)c1cccn(CCCCc2ccccc2)c1=O. The van der Waals surface area contributed by atoms with Gasteiger partial charge in [-0.15, -0.1) is 0 Å². The molecule has 0 amide bonds. The van der Waals surface area contributed by atoms with E-state index in [0.29, 0.717) is 6.54 Å². The Morgan fingerprint density at radius 1 is 1.05 bits per heavy atom. The van der Waals surface area contributed by atoms with E-state index in [1.54, 1.807) is 12.3 Å². The number of hydrogen-bond acceptors (Lipinski definition) is 2. The normalized spacial score (nSPS) is 10.4. The summed E-state index contributed by atoms with van der Waals surface area (Å²) in [6.45, 7) is 0.548. The first-order valence-corrected chi connectivity index (χ1v) is 6.65. The molecule has 0 radical (unpaired) electrons. The highest BCUT2D eigenvalue weighted by molar-refractivity contribution is 5.86. The number of nitrogens with zero attached hydrogens (tertiary/aromatic N) is 1. The van der Waals surface area contributed by atoms with Crippen LogP contribution in [0.15, 0.2) is 53.5 Å². The van der Waals surface area contributed by atoms with Crippen LogP contribution < -0.4 is 5.56 Å². The molecule has 0 saturated heterocycles. The molecule has 20 heavy (non-hydrogen) atoms. The Morgan fingerprint density at radius 2 is 1.80 bits per heavy atom. The maximum absolute atomic E-state index is 11.9. The molecule has 0 bridgehead atoms. The maximum atomic E-state index is 11.9. The second kappa shape index (κ2) is 6.70. The second-order valence-electron chi connectivity index (χ2n) is 4.67. The molecule has 4 nitrogen and oxygen atoms in total. The maximum Gasteiger partial charge on any atom is 0.341 e. The van der Waals surface area contributed by atoms with Crippen LogP contribution >= 0.6 is 0 Å². The lowest BCUT2D eigenvalue weighted by Crippen LogP contribution is -2.25. The molecule has 2 aromatic rings. The summed E-state index contributed by atoms with van der Waals surface area (Å²) < 4.78 is 1.47. The lowest BCUT2D eigenvalue weighted by atomic mass is 10.1. The van der Waals surface area contributed by atoms with E-state index in [1.807, 2.05) is 18.2 Å². The van der Waals surface area contributed by atoms with Crippen molar-refractivity contribution < 1.29 is 9.90 Å². The van der Waals surface area contributed by atoms with Crippen molar-refractivity contribution in [1.82, 2.24) is 4.57 Å². The molecule has 0 aliphatic heterocycles. The summed E-state index contributed by atoms with van der Waals surface area (Å²) in [5.74, 6) is -1.17. The minimum atomic E-state index is -1.17. The van der Waals surface area contributed by atoms with E-state index in [4.69, 9.17) is 5.11 Å². The highest BCUT2D eigenvalue weighted by Gasteiger charge is 2.09. The van der Waals surface area contributed by atoms with E-state index in [9.17, 15) is 9.59 Å². The van der Waals surface area contributed by atoms with Crippen LogP contribution in [0.5, 0.6) is 0 Å². The first-order valence-electron chi connectivity index (χ1n) is 6.65. The summed E-state index contributed by atoms with van der Waals surface area (Å²) in [4.78, 5) is 22.7. The largest absolute Gasteiger partial charge is 0.477 e. The Labute approximate surface area is 117 Å². The van der Waals surface area contributed by atoms with Crippen LogP contribution in [0.3, 0.4) is 0 Å². The highest BCUT2D eigenvalue weighted by Crippen LogP contribution is 2.05. The Bertz CT molecular complexity index is 632. The second-order valence-corrected chi connectivity index (χ2v) is 4.67. The first-order chi connectivity index (χ1) is 9.68. The third kappa shape index (κ3) is 3.57. The Morgan fingerprint density at radius 3 is 2.50 bits per heavy atom. The molecule has 1 heterocycles. The quantitative estimate of drug-likeness (QED) is 0.821. The molecule has 0 atom stereocenters. The zero-order valence-corrected chi connectivity index (χ0v) is 11.2. The Kier molecular flexibility index (Phi) is 4.71. The van der Waals surface area contributed by atoms with Crippen LogP contribution in [0.1, 0.15) is 28.8 Å². The van der Waals surface area contributed by atoms with Crippen LogP contribution in [-0.2, 0) is 13.0 Å². The van der Waals surface area contributed by atoms with Crippen LogP contribution in [0.25, 0.3) is 0 Å². The van der Waals surface area contributed by atoms with Crippen LogP contribution in [0.4, 0.5) is 0 Å². The van der Waals surface area contributed by atoms with Gasteiger partial charge in [-0.1, -0.05) is 30.3 Å². The van der Waals surface area contributed by atoms with Gasteiger partial charge in [0.2, 0.25) is 0 Å². The van der Waals surface area contributed by atoms with Crippen molar-refractivity contribution >= 4 is 5.97 Å². The number of pyridine rings is 1. The van der Waals surface area contributed by atoms with E-state index in [0.717, 1.165) is 19.3 Å². The number of aromatic nitrogens is 1. The molecular weight excluding hydrogens is 254 g/mol. The standard InChI is InChI=1S/C16H17NO3/c18-15-14(16(19)20)10-6-12-17(15)11-5-4-9-13-7-2-1-3-8-13/h1-3,6-8,10,12H,4-5,9,11H2,(H,19,20). The summed E-state index contributed by atoms with van der Waals surface area (Å²) in [6, 6.07) is 13.1. The fourth-order valence-electron chi connectivity index (χ4n) is 2.13. The molecule has 0 aliphatic rings. The van der Waals surface area contributed by atoms with Gasteiger partial charge in [0, 0.05) is 12.7 Å². The fraction of sp³-hybridized carbons (Fsp3) is 0.250. The number of aryl methyl sites for hydroxylation is 2. The van der Waals surface area contributed by atoms with Gasteiger partial charge in [0.15, 0.2) is 0 Å². The number of carboxylic acids is 1. The summed E-state index contributed by atoms with van der Waals surface area (Å²) in [5.41, 5.74) is 0.675. The number of carbonyl (C=O) groups is 1. The smallest absolute Gasteiger partial charge is 0.341 e. The third-order valence-electron chi connectivity index (χ3n) is 3.21. The van der Waals surface area contributed by atoms with Gasteiger partial charge >= 0.3 is 5.97 Å². The molecule has 0 fully saturated rings. The number of benzene rings is 1. The molecule has 104 valence electrons. The van der Waals surface area contributed by atoms with Gasteiger partial charge in [0.25, 0.3) is 5.56 Å². The van der Waals surface area contributed by atoms with E-state index >= 15 is 0 Å². The van der Waals surface area contributed by atoms with Gasteiger partial charge in [0.1, 0.15) is 5.56 Å². The van der Waals surface area contributed by atoms with Crippen molar-refractivity contribution in [3.63, 3.8) is 0 Å². The first kappa shape index (κ1) is 14.1. The molecule has 0 aliphatic carbocycles. The number of aromatic carboxylic acids is 1. The third-order valence-corrected chi connectivity index (χ3v) is 3.21. The van der Waals surface area contributed by atoms with Crippen LogP contribution in [-0.4, -0.2) is 15.6 Å². The molecular formula is C16H17NO3. The number of carboxylic acid groups (broad SMARTS) is 1. The van der Waals surface area contributed by atoms with Gasteiger partial charge < -0.3 is 9.67 Å². The molecule has 1 N–H and O–H groups in total. The zero-order valence-electron chi connectivity index (χ0n) is 11.2. The zero-order chi connectivity index (χ0) is 14.4. The molecule has 4 heteroatoms. The number of unbranched alkanes of at least 4 members (excludes halogenated alkanes) is 1. The van der Waals surface area contributed by atoms with Crippen LogP contribution in [0.2, 0.25) is 0 Å². The average molecular weight is 271 g/mol. The van der Waals surface area contributed by atoms with Gasteiger partial charge in [-0.2, -0.15) is 0 Å². The predicted molar refractivity (Wildman–Crippen MR) is 77.0 cm³/mol. The molecule has 2 rings (SSSR count). The lowest BCUT2D eigenvalue weighted by Gasteiger charge is -2.06. The summed E-state index contributed by atoms with van der Waals surface area (Å²) >= 11 is 0. The van der Waals surface area contributed by atoms with Crippen molar-refractivity contribution in [2.75, 3.05) is 0 Å². The fourth-order valence-corrected chi connectivity index (χ4v) is 2.13. The number of rotatable bonds is 6. The molecule has 0 unspecified atom stereocenters. The summed E-state index contributed by atoms with van der Waals surface area (Å²) in [7, 11) is 0. The summed E-state index contributed by atoms with van der Waals surface area (Å²) in [6.07, 6.45) is 4.41. The molecule has 1 aromatic carbocycles. The monoisotopic (exact) mass is 271 g/mol. The minimum absolute atomic E-state index is 0.171. The van der Waals surface area contributed by atoms with Gasteiger partial charge in [-0.3, -0.25) is 4.79 Å². The molecule has 0 spiro atoms. The van der Waals surface area contributed by atoms with Crippen molar-refractivity contribution in [2.45, 2.75) is 25.8 Å². The predicted octanol–water partition coefficient (Wildman–Crippen LogP) is 2.57. The Hall–Kier alpha value is -2.36. The summed E-state index contributed by atoms with van der Waals surface area (Å²) in [5, 5.41) is 8.90. The average Bonchev–Trinajstić information content (AvgIpc) is 2.46. The van der Waals surface area contributed by atoms with Crippen LogP contribution in [0, 0.1) is 0 Å². The van der Waals surface area contributed by atoms with Gasteiger partial charge in [-0.05, 0) is 37.0 Å². The van der Waals surface area contributed by atoms with Crippen molar-refractivity contribution in [3.05, 3.63) is 70.1 Å².